The third-order valence-corrected chi connectivity index (χ3v) is 4.69. The Balaban J connectivity index is 1.85. The van der Waals surface area contributed by atoms with E-state index in [9.17, 15) is 9.59 Å². The van der Waals surface area contributed by atoms with E-state index in [0.29, 0.717) is 12.3 Å². The molecule has 1 fully saturated rings. The number of amides is 1. The van der Waals surface area contributed by atoms with Crippen molar-refractivity contribution < 1.29 is 14.3 Å². The molecular formula is C16H21NO3S. The highest BCUT2D eigenvalue weighted by atomic mass is 32.2. The number of benzene rings is 1. The summed E-state index contributed by atoms with van der Waals surface area (Å²) in [6.45, 7) is 3.26. The van der Waals surface area contributed by atoms with Crippen molar-refractivity contribution >= 4 is 23.6 Å². The van der Waals surface area contributed by atoms with Gasteiger partial charge in [0.15, 0.2) is 0 Å². The number of aryl methyl sites for hydroxylation is 1. The van der Waals surface area contributed by atoms with Gasteiger partial charge in [0.2, 0.25) is 5.91 Å². The fraction of sp³-hybridized carbons (Fsp3) is 0.500. The Morgan fingerprint density at radius 2 is 2.05 bits per heavy atom. The van der Waals surface area contributed by atoms with Gasteiger partial charge >= 0.3 is 5.97 Å². The molecule has 0 aliphatic carbocycles. The van der Waals surface area contributed by atoms with Crippen molar-refractivity contribution in [1.82, 2.24) is 4.90 Å². The molecular weight excluding hydrogens is 286 g/mol. The van der Waals surface area contributed by atoms with E-state index in [1.54, 1.807) is 4.90 Å². The first-order chi connectivity index (χ1) is 10.1. The minimum absolute atomic E-state index is 0.0918. The molecule has 114 valence electrons. The van der Waals surface area contributed by atoms with Crippen molar-refractivity contribution in [1.29, 1.82) is 0 Å². The Morgan fingerprint density at radius 3 is 2.71 bits per heavy atom. The number of hydrogen-bond donors (Lipinski definition) is 0. The third kappa shape index (κ3) is 4.49. The summed E-state index contributed by atoms with van der Waals surface area (Å²) in [5.41, 5.74) is 1.21. The van der Waals surface area contributed by atoms with Crippen LogP contribution in [0.4, 0.5) is 0 Å². The number of hydrogen-bond acceptors (Lipinski definition) is 4. The summed E-state index contributed by atoms with van der Waals surface area (Å²) in [4.78, 5) is 26.7. The Morgan fingerprint density at radius 1 is 1.33 bits per heavy atom. The molecule has 4 nitrogen and oxygen atoms in total. The molecule has 0 bridgehead atoms. The van der Waals surface area contributed by atoms with Gasteiger partial charge in [-0.3, -0.25) is 9.59 Å². The highest BCUT2D eigenvalue weighted by Crippen LogP contribution is 2.22. The standard InChI is InChI=1S/C16H21NO3S/c1-12-5-7-14(8-6-12)21-11-15(18)17-9-3-4-13(10-17)16(19)20-2/h5-8,13H,3-4,9-11H2,1-2H3/t13-/m0/s1. The molecule has 0 aromatic heterocycles. The molecule has 0 spiro atoms. The van der Waals surface area contributed by atoms with Gasteiger partial charge in [0.25, 0.3) is 0 Å². The average molecular weight is 307 g/mol. The van der Waals surface area contributed by atoms with Gasteiger partial charge in [-0.05, 0) is 31.9 Å². The number of nitrogens with zero attached hydrogens (tertiary/aromatic N) is 1. The maximum Gasteiger partial charge on any atom is 0.310 e. The van der Waals surface area contributed by atoms with Crippen molar-refractivity contribution in [3.8, 4) is 0 Å². The van der Waals surface area contributed by atoms with Gasteiger partial charge in [-0.1, -0.05) is 17.7 Å². The highest BCUT2D eigenvalue weighted by Gasteiger charge is 2.28. The van der Waals surface area contributed by atoms with Crippen LogP contribution in [0.1, 0.15) is 18.4 Å². The van der Waals surface area contributed by atoms with Gasteiger partial charge in [0.05, 0.1) is 18.8 Å². The SMILES string of the molecule is COC(=O)[C@H]1CCCN(C(=O)CSc2ccc(C)cc2)C1. The minimum Gasteiger partial charge on any atom is -0.469 e. The van der Waals surface area contributed by atoms with Crippen LogP contribution in [-0.4, -0.2) is 42.7 Å². The molecule has 0 unspecified atom stereocenters. The monoisotopic (exact) mass is 307 g/mol. The normalized spacial score (nSPS) is 18.4. The summed E-state index contributed by atoms with van der Waals surface area (Å²) >= 11 is 1.54. The van der Waals surface area contributed by atoms with E-state index in [1.807, 2.05) is 31.2 Å². The minimum atomic E-state index is -0.210. The number of thioether (sulfide) groups is 1. The molecule has 2 rings (SSSR count). The van der Waals surface area contributed by atoms with Crippen LogP contribution in [0.25, 0.3) is 0 Å². The van der Waals surface area contributed by atoms with E-state index in [-0.39, 0.29) is 17.8 Å². The lowest BCUT2D eigenvalue weighted by molar-refractivity contribution is -0.148. The molecule has 1 amide bonds. The third-order valence-electron chi connectivity index (χ3n) is 3.69. The lowest BCUT2D eigenvalue weighted by atomic mass is 9.98. The van der Waals surface area contributed by atoms with Gasteiger partial charge in [0.1, 0.15) is 0 Å². The Bertz CT molecular complexity index is 501. The molecule has 0 saturated carbocycles. The number of rotatable bonds is 4. The van der Waals surface area contributed by atoms with E-state index < -0.39 is 0 Å². The van der Waals surface area contributed by atoms with Crippen LogP contribution >= 0.6 is 11.8 Å². The lowest BCUT2D eigenvalue weighted by Gasteiger charge is -2.31. The molecule has 1 aromatic carbocycles. The quantitative estimate of drug-likeness (QED) is 0.633. The second-order valence-electron chi connectivity index (χ2n) is 5.30. The molecule has 1 saturated heterocycles. The van der Waals surface area contributed by atoms with Crippen molar-refractivity contribution in [2.45, 2.75) is 24.7 Å². The first-order valence-electron chi connectivity index (χ1n) is 7.15. The zero-order valence-electron chi connectivity index (χ0n) is 12.5. The summed E-state index contributed by atoms with van der Waals surface area (Å²) in [6, 6.07) is 8.14. The number of ether oxygens (including phenoxy) is 1. The van der Waals surface area contributed by atoms with Crippen LogP contribution in [0, 0.1) is 12.8 Å². The average Bonchev–Trinajstić information content (AvgIpc) is 2.53. The molecule has 1 aromatic rings. The van der Waals surface area contributed by atoms with Gasteiger partial charge < -0.3 is 9.64 Å². The van der Waals surface area contributed by atoms with E-state index >= 15 is 0 Å². The van der Waals surface area contributed by atoms with Crippen LogP contribution < -0.4 is 0 Å². The second-order valence-corrected chi connectivity index (χ2v) is 6.35. The van der Waals surface area contributed by atoms with Gasteiger partial charge in [0, 0.05) is 18.0 Å². The Labute approximate surface area is 129 Å². The molecule has 0 N–H and O–H groups in total. The summed E-state index contributed by atoms with van der Waals surface area (Å²) in [5, 5.41) is 0. The topological polar surface area (TPSA) is 46.6 Å². The lowest BCUT2D eigenvalue weighted by Crippen LogP contribution is -2.43. The fourth-order valence-electron chi connectivity index (χ4n) is 2.43. The van der Waals surface area contributed by atoms with Gasteiger partial charge in [-0.15, -0.1) is 11.8 Å². The van der Waals surface area contributed by atoms with Gasteiger partial charge in [-0.25, -0.2) is 0 Å². The molecule has 1 heterocycles. The number of esters is 1. The predicted molar refractivity (Wildman–Crippen MR) is 83.2 cm³/mol. The van der Waals surface area contributed by atoms with Gasteiger partial charge in [-0.2, -0.15) is 0 Å². The van der Waals surface area contributed by atoms with Crippen molar-refractivity contribution in [2.75, 3.05) is 26.0 Å². The highest BCUT2D eigenvalue weighted by molar-refractivity contribution is 8.00. The first kappa shape index (κ1) is 15.9. The van der Waals surface area contributed by atoms with Crippen LogP contribution in [0.5, 0.6) is 0 Å². The van der Waals surface area contributed by atoms with Crippen LogP contribution in [0.3, 0.4) is 0 Å². The summed E-state index contributed by atoms with van der Waals surface area (Å²) < 4.78 is 4.78. The molecule has 5 heteroatoms. The number of methoxy groups -OCH3 is 1. The van der Waals surface area contributed by atoms with Crippen LogP contribution in [0.2, 0.25) is 0 Å². The van der Waals surface area contributed by atoms with Crippen LogP contribution in [0.15, 0.2) is 29.2 Å². The first-order valence-corrected chi connectivity index (χ1v) is 8.14. The number of piperidine rings is 1. The van der Waals surface area contributed by atoms with Crippen molar-refractivity contribution in [3.63, 3.8) is 0 Å². The largest absolute Gasteiger partial charge is 0.469 e. The van der Waals surface area contributed by atoms with E-state index in [2.05, 4.69) is 0 Å². The Hall–Kier alpha value is -1.49. The zero-order valence-corrected chi connectivity index (χ0v) is 13.3. The van der Waals surface area contributed by atoms with Crippen molar-refractivity contribution in [3.05, 3.63) is 29.8 Å². The summed E-state index contributed by atoms with van der Waals surface area (Å²) in [7, 11) is 1.40. The molecule has 21 heavy (non-hydrogen) atoms. The number of carbonyl (C=O) groups is 2. The zero-order chi connectivity index (χ0) is 15.2. The fourth-order valence-corrected chi connectivity index (χ4v) is 3.23. The Kier molecular flexibility index (Phi) is 5.67. The number of likely N-dealkylation sites (tertiary alicyclic amines) is 1. The van der Waals surface area contributed by atoms with Crippen LogP contribution in [-0.2, 0) is 14.3 Å². The smallest absolute Gasteiger partial charge is 0.310 e. The molecule has 0 radical (unpaired) electrons. The predicted octanol–water partition coefficient (Wildman–Crippen LogP) is 2.50. The van der Waals surface area contributed by atoms with E-state index in [0.717, 1.165) is 24.3 Å². The second kappa shape index (κ2) is 7.50. The number of carbonyl (C=O) groups excluding carboxylic acids is 2. The summed E-state index contributed by atoms with van der Waals surface area (Å²) in [6.07, 6.45) is 1.67. The molecule has 1 aliphatic heterocycles. The maximum atomic E-state index is 12.2. The van der Waals surface area contributed by atoms with E-state index in [1.165, 1.54) is 24.4 Å². The maximum absolute atomic E-state index is 12.2. The molecule has 1 atom stereocenters. The van der Waals surface area contributed by atoms with E-state index in [4.69, 9.17) is 4.74 Å². The molecule has 1 aliphatic rings. The summed E-state index contributed by atoms with van der Waals surface area (Å²) in [5.74, 6) is 0.127. The van der Waals surface area contributed by atoms with Crippen molar-refractivity contribution in [2.24, 2.45) is 5.92 Å².